The number of aromatic amines is 1. The normalized spacial score (nSPS) is 10.7. The lowest BCUT2D eigenvalue weighted by Gasteiger charge is -2.26. The van der Waals surface area contributed by atoms with E-state index in [9.17, 15) is 4.79 Å². The summed E-state index contributed by atoms with van der Waals surface area (Å²) in [6, 6.07) is 11.7. The molecule has 0 unspecified atom stereocenters. The summed E-state index contributed by atoms with van der Waals surface area (Å²) >= 11 is 5.85. The summed E-state index contributed by atoms with van der Waals surface area (Å²) in [4.78, 5) is 17.2. The molecule has 0 radical (unpaired) electrons. The maximum atomic E-state index is 12.4. The fourth-order valence-corrected chi connectivity index (χ4v) is 2.08. The number of halogens is 1. The van der Waals surface area contributed by atoms with Gasteiger partial charge >= 0.3 is 0 Å². The molecule has 2 rings (SSSR count). The topological polar surface area (TPSA) is 36.1 Å². The number of carbonyl (C=O) groups is 1. The van der Waals surface area contributed by atoms with Crippen LogP contribution in [0.25, 0.3) is 0 Å². The molecule has 1 N–H and O–H groups in total. The Labute approximate surface area is 118 Å². The number of hydrogen-bond acceptors (Lipinski definition) is 1. The number of aromatic nitrogens is 1. The van der Waals surface area contributed by atoms with Gasteiger partial charge in [0.05, 0.1) is 5.02 Å². The lowest BCUT2D eigenvalue weighted by atomic mass is 10.2. The van der Waals surface area contributed by atoms with Crippen molar-refractivity contribution >= 4 is 17.5 Å². The Morgan fingerprint density at radius 1 is 1.32 bits per heavy atom. The van der Waals surface area contributed by atoms with Crippen LogP contribution in [0, 0.1) is 0 Å². The van der Waals surface area contributed by atoms with Crippen LogP contribution >= 0.6 is 11.6 Å². The lowest BCUT2D eigenvalue weighted by molar-refractivity contribution is 0.0685. The minimum atomic E-state index is -0.0363. The molecule has 100 valence electrons. The van der Waals surface area contributed by atoms with Crippen molar-refractivity contribution in [1.82, 2.24) is 9.88 Å². The maximum Gasteiger partial charge on any atom is 0.270 e. The van der Waals surface area contributed by atoms with Crippen molar-refractivity contribution in [3.8, 4) is 0 Å². The Morgan fingerprint density at radius 3 is 2.53 bits per heavy atom. The zero-order valence-corrected chi connectivity index (χ0v) is 11.8. The molecule has 0 saturated heterocycles. The molecule has 1 aromatic carbocycles. The summed E-state index contributed by atoms with van der Waals surface area (Å²) in [5.41, 5.74) is 1.64. The van der Waals surface area contributed by atoms with Crippen LogP contribution in [-0.4, -0.2) is 21.8 Å². The maximum absolute atomic E-state index is 12.4. The number of H-pyrrole nitrogens is 1. The van der Waals surface area contributed by atoms with Gasteiger partial charge in [-0.3, -0.25) is 4.79 Å². The van der Waals surface area contributed by atoms with E-state index in [1.54, 1.807) is 12.3 Å². The van der Waals surface area contributed by atoms with Crippen molar-refractivity contribution in [1.29, 1.82) is 0 Å². The summed E-state index contributed by atoms with van der Waals surface area (Å²) in [5.74, 6) is -0.0363. The van der Waals surface area contributed by atoms with Gasteiger partial charge in [0.15, 0.2) is 0 Å². The van der Waals surface area contributed by atoms with Crippen molar-refractivity contribution in [3.05, 3.63) is 58.9 Å². The SMILES string of the molecule is CC(C)N(Cc1ccccc1)C(=O)c1cc(Cl)c[nH]1. The van der Waals surface area contributed by atoms with E-state index < -0.39 is 0 Å². The second-order valence-electron chi connectivity index (χ2n) is 4.74. The molecule has 3 nitrogen and oxygen atoms in total. The number of hydrogen-bond donors (Lipinski definition) is 1. The molecule has 0 bridgehead atoms. The van der Waals surface area contributed by atoms with Gasteiger partial charge in [-0.1, -0.05) is 41.9 Å². The molecular weight excluding hydrogens is 260 g/mol. The highest BCUT2D eigenvalue weighted by Gasteiger charge is 2.20. The molecule has 1 heterocycles. The Kier molecular flexibility index (Phi) is 4.27. The summed E-state index contributed by atoms with van der Waals surface area (Å²) in [6.07, 6.45) is 1.62. The van der Waals surface area contributed by atoms with Gasteiger partial charge in [0, 0.05) is 18.8 Å². The van der Waals surface area contributed by atoms with E-state index in [2.05, 4.69) is 4.98 Å². The highest BCUT2D eigenvalue weighted by molar-refractivity contribution is 6.30. The van der Waals surface area contributed by atoms with E-state index in [0.29, 0.717) is 17.3 Å². The molecule has 0 aliphatic carbocycles. The van der Waals surface area contributed by atoms with Crippen LogP contribution in [0.2, 0.25) is 5.02 Å². The number of benzene rings is 1. The van der Waals surface area contributed by atoms with E-state index in [4.69, 9.17) is 11.6 Å². The first-order valence-electron chi connectivity index (χ1n) is 6.26. The predicted molar refractivity (Wildman–Crippen MR) is 77.3 cm³/mol. The minimum Gasteiger partial charge on any atom is -0.356 e. The third-order valence-corrected chi connectivity index (χ3v) is 3.18. The molecule has 0 aliphatic heterocycles. The predicted octanol–water partition coefficient (Wildman–Crippen LogP) is 3.72. The van der Waals surface area contributed by atoms with Gasteiger partial charge in [-0.2, -0.15) is 0 Å². The Morgan fingerprint density at radius 2 is 2.00 bits per heavy atom. The molecule has 0 spiro atoms. The average Bonchev–Trinajstić information content (AvgIpc) is 2.83. The highest BCUT2D eigenvalue weighted by atomic mass is 35.5. The first kappa shape index (κ1) is 13.7. The number of amides is 1. The molecule has 1 amide bonds. The Bertz CT molecular complexity index is 548. The van der Waals surface area contributed by atoms with Crippen molar-refractivity contribution in [2.75, 3.05) is 0 Å². The Balaban J connectivity index is 2.19. The van der Waals surface area contributed by atoms with Gasteiger partial charge in [-0.15, -0.1) is 0 Å². The van der Waals surface area contributed by atoms with E-state index in [1.165, 1.54) is 0 Å². The van der Waals surface area contributed by atoms with Crippen LogP contribution in [0.3, 0.4) is 0 Å². The van der Waals surface area contributed by atoms with Crippen LogP contribution in [-0.2, 0) is 6.54 Å². The molecule has 0 fully saturated rings. The van der Waals surface area contributed by atoms with Gasteiger partial charge in [-0.25, -0.2) is 0 Å². The number of carbonyl (C=O) groups excluding carboxylic acids is 1. The molecule has 4 heteroatoms. The zero-order chi connectivity index (χ0) is 13.8. The van der Waals surface area contributed by atoms with Crippen LogP contribution in [0.5, 0.6) is 0 Å². The standard InChI is InChI=1S/C15H17ClN2O/c1-11(2)18(10-12-6-4-3-5-7-12)15(19)14-8-13(16)9-17-14/h3-9,11,17H,10H2,1-2H3. The molecule has 0 saturated carbocycles. The van der Waals surface area contributed by atoms with E-state index in [-0.39, 0.29) is 11.9 Å². The summed E-state index contributed by atoms with van der Waals surface area (Å²) in [6.45, 7) is 4.60. The lowest BCUT2D eigenvalue weighted by Crippen LogP contribution is -2.36. The summed E-state index contributed by atoms with van der Waals surface area (Å²) in [7, 11) is 0. The first-order chi connectivity index (χ1) is 9.08. The smallest absolute Gasteiger partial charge is 0.270 e. The fraction of sp³-hybridized carbons (Fsp3) is 0.267. The van der Waals surface area contributed by atoms with Gasteiger partial charge in [-0.05, 0) is 25.5 Å². The van der Waals surface area contributed by atoms with Crippen LogP contribution < -0.4 is 0 Å². The quantitative estimate of drug-likeness (QED) is 0.908. The zero-order valence-electron chi connectivity index (χ0n) is 11.1. The molecule has 19 heavy (non-hydrogen) atoms. The average molecular weight is 277 g/mol. The van der Waals surface area contributed by atoms with Gasteiger partial charge < -0.3 is 9.88 Å². The molecular formula is C15H17ClN2O. The largest absolute Gasteiger partial charge is 0.356 e. The van der Waals surface area contributed by atoms with Crippen molar-refractivity contribution in [2.45, 2.75) is 26.4 Å². The molecule has 1 aromatic heterocycles. The van der Waals surface area contributed by atoms with Crippen molar-refractivity contribution < 1.29 is 4.79 Å². The van der Waals surface area contributed by atoms with Gasteiger partial charge in [0.1, 0.15) is 5.69 Å². The first-order valence-corrected chi connectivity index (χ1v) is 6.64. The van der Waals surface area contributed by atoms with Crippen molar-refractivity contribution in [2.24, 2.45) is 0 Å². The highest BCUT2D eigenvalue weighted by Crippen LogP contribution is 2.15. The fourth-order valence-electron chi connectivity index (χ4n) is 1.92. The third-order valence-electron chi connectivity index (χ3n) is 2.96. The van der Waals surface area contributed by atoms with Crippen LogP contribution in [0.15, 0.2) is 42.6 Å². The number of nitrogens with zero attached hydrogens (tertiary/aromatic N) is 1. The molecule has 0 atom stereocenters. The monoisotopic (exact) mass is 276 g/mol. The van der Waals surface area contributed by atoms with E-state index in [0.717, 1.165) is 5.56 Å². The molecule has 0 aliphatic rings. The summed E-state index contributed by atoms with van der Waals surface area (Å²) in [5, 5.41) is 0.548. The second kappa shape index (κ2) is 5.93. The van der Waals surface area contributed by atoms with E-state index >= 15 is 0 Å². The van der Waals surface area contributed by atoms with Gasteiger partial charge in [0.25, 0.3) is 5.91 Å². The van der Waals surface area contributed by atoms with Gasteiger partial charge in [0.2, 0.25) is 0 Å². The number of rotatable bonds is 4. The Hall–Kier alpha value is -1.74. The number of nitrogens with one attached hydrogen (secondary N) is 1. The van der Waals surface area contributed by atoms with Crippen LogP contribution in [0.4, 0.5) is 0 Å². The third kappa shape index (κ3) is 3.38. The van der Waals surface area contributed by atoms with E-state index in [1.807, 2.05) is 49.1 Å². The minimum absolute atomic E-state index is 0.0363. The summed E-state index contributed by atoms with van der Waals surface area (Å²) < 4.78 is 0. The van der Waals surface area contributed by atoms with Crippen molar-refractivity contribution in [3.63, 3.8) is 0 Å². The van der Waals surface area contributed by atoms with Crippen LogP contribution in [0.1, 0.15) is 29.9 Å². The molecule has 2 aromatic rings. The second-order valence-corrected chi connectivity index (χ2v) is 5.18.